The molecule has 0 aromatic carbocycles. The molecule has 0 fully saturated rings. The zero-order chi connectivity index (χ0) is 14.1. The minimum absolute atomic E-state index is 0.640. The predicted octanol–water partition coefficient (Wildman–Crippen LogP) is 2.43. The van der Waals surface area contributed by atoms with Gasteiger partial charge in [0.05, 0.1) is 5.56 Å². The number of nitrogens with zero attached hydrogens (tertiary/aromatic N) is 4. The third-order valence-electron chi connectivity index (χ3n) is 3.23. The lowest BCUT2D eigenvalue weighted by atomic mass is 10.0. The number of anilines is 1. The zero-order valence-corrected chi connectivity index (χ0v) is 11.4. The number of hydrogen-bond acceptors (Lipinski definition) is 4. The summed E-state index contributed by atoms with van der Waals surface area (Å²) in [6, 6.07) is 7.82. The van der Waals surface area contributed by atoms with Crippen molar-refractivity contribution in [1.82, 2.24) is 19.7 Å². The van der Waals surface area contributed by atoms with Gasteiger partial charge in [0, 0.05) is 36.9 Å². The molecule has 3 rings (SSSR count). The molecule has 5 nitrogen and oxygen atoms in total. The van der Waals surface area contributed by atoms with E-state index in [1.807, 2.05) is 38.2 Å². The van der Waals surface area contributed by atoms with Crippen LogP contribution in [0.1, 0.15) is 5.69 Å². The van der Waals surface area contributed by atoms with Gasteiger partial charge < -0.3 is 5.73 Å². The number of hydrogen-bond donors (Lipinski definition) is 1. The van der Waals surface area contributed by atoms with Crippen molar-refractivity contribution < 1.29 is 0 Å². The second-order valence-corrected chi connectivity index (χ2v) is 4.65. The molecule has 5 heteroatoms. The molecule has 0 saturated heterocycles. The smallest absolute Gasteiger partial charge is 0.129 e. The largest absolute Gasteiger partial charge is 0.383 e. The van der Waals surface area contributed by atoms with Gasteiger partial charge in [0.25, 0.3) is 0 Å². The molecule has 0 bridgehead atoms. The predicted molar refractivity (Wildman–Crippen MR) is 78.8 cm³/mol. The molecule has 0 atom stereocenters. The number of aryl methyl sites for hydroxylation is 2. The van der Waals surface area contributed by atoms with Gasteiger partial charge in [0.2, 0.25) is 0 Å². The van der Waals surface area contributed by atoms with Gasteiger partial charge in [-0.25, -0.2) is 0 Å². The standard InChI is InChI=1S/C15H15N5/c1-10-9-12(5-8-18-10)14-13(15(16)20(2)19-14)11-3-6-17-7-4-11/h3-9H,16H2,1-2H3. The molecule has 0 aliphatic carbocycles. The monoisotopic (exact) mass is 265 g/mol. The normalized spacial score (nSPS) is 10.7. The molecule has 0 spiro atoms. The van der Waals surface area contributed by atoms with E-state index in [2.05, 4.69) is 15.1 Å². The van der Waals surface area contributed by atoms with Gasteiger partial charge in [0.1, 0.15) is 11.5 Å². The Morgan fingerprint density at radius 3 is 2.45 bits per heavy atom. The van der Waals surface area contributed by atoms with Crippen LogP contribution in [0, 0.1) is 6.92 Å². The Kier molecular flexibility index (Phi) is 2.95. The van der Waals surface area contributed by atoms with Crippen LogP contribution in [0.25, 0.3) is 22.4 Å². The topological polar surface area (TPSA) is 69.6 Å². The number of nitrogen functional groups attached to an aromatic ring is 1. The third kappa shape index (κ3) is 2.03. The average Bonchev–Trinajstić information content (AvgIpc) is 2.76. The summed E-state index contributed by atoms with van der Waals surface area (Å²) in [6.45, 7) is 1.96. The molecule has 20 heavy (non-hydrogen) atoms. The van der Waals surface area contributed by atoms with Crippen LogP contribution in [0.3, 0.4) is 0 Å². The molecule has 3 aromatic rings. The second-order valence-electron chi connectivity index (χ2n) is 4.65. The van der Waals surface area contributed by atoms with E-state index in [4.69, 9.17) is 5.73 Å². The van der Waals surface area contributed by atoms with E-state index in [-0.39, 0.29) is 0 Å². The van der Waals surface area contributed by atoms with Gasteiger partial charge >= 0.3 is 0 Å². The van der Waals surface area contributed by atoms with Gasteiger partial charge in [-0.3, -0.25) is 14.6 Å². The Balaban J connectivity index is 2.25. The van der Waals surface area contributed by atoms with Crippen LogP contribution in [-0.4, -0.2) is 19.7 Å². The maximum atomic E-state index is 6.18. The highest BCUT2D eigenvalue weighted by atomic mass is 15.3. The van der Waals surface area contributed by atoms with Crippen LogP contribution in [0.4, 0.5) is 5.82 Å². The van der Waals surface area contributed by atoms with Gasteiger partial charge in [-0.05, 0) is 36.8 Å². The summed E-state index contributed by atoms with van der Waals surface area (Å²) >= 11 is 0. The summed E-state index contributed by atoms with van der Waals surface area (Å²) in [5, 5.41) is 4.54. The van der Waals surface area contributed by atoms with E-state index in [0.29, 0.717) is 5.82 Å². The van der Waals surface area contributed by atoms with E-state index >= 15 is 0 Å². The van der Waals surface area contributed by atoms with Gasteiger partial charge in [-0.1, -0.05) is 0 Å². The average molecular weight is 265 g/mol. The van der Waals surface area contributed by atoms with Gasteiger partial charge in [-0.2, -0.15) is 5.10 Å². The van der Waals surface area contributed by atoms with E-state index < -0.39 is 0 Å². The molecule has 3 aromatic heterocycles. The summed E-state index contributed by atoms with van der Waals surface area (Å²) in [4.78, 5) is 8.27. The maximum Gasteiger partial charge on any atom is 0.129 e. The van der Waals surface area contributed by atoms with Crippen molar-refractivity contribution in [2.45, 2.75) is 6.92 Å². The fourth-order valence-corrected chi connectivity index (χ4v) is 2.24. The third-order valence-corrected chi connectivity index (χ3v) is 3.23. The Morgan fingerprint density at radius 1 is 1.05 bits per heavy atom. The highest BCUT2D eigenvalue weighted by Gasteiger charge is 2.17. The highest BCUT2D eigenvalue weighted by molar-refractivity contribution is 5.87. The Hall–Kier alpha value is -2.69. The van der Waals surface area contributed by atoms with E-state index in [0.717, 1.165) is 28.1 Å². The number of nitrogens with two attached hydrogens (primary N) is 1. The zero-order valence-electron chi connectivity index (χ0n) is 11.4. The molecular weight excluding hydrogens is 250 g/mol. The van der Waals surface area contributed by atoms with Crippen molar-refractivity contribution in [3.8, 4) is 22.4 Å². The number of aromatic nitrogens is 4. The second kappa shape index (κ2) is 4.77. The SMILES string of the molecule is Cc1cc(-c2nn(C)c(N)c2-c2ccncc2)ccn1. The van der Waals surface area contributed by atoms with Crippen LogP contribution in [-0.2, 0) is 7.05 Å². The van der Waals surface area contributed by atoms with E-state index in [1.165, 1.54) is 0 Å². The maximum absolute atomic E-state index is 6.18. The molecule has 0 aliphatic rings. The quantitative estimate of drug-likeness (QED) is 0.772. The first-order valence-corrected chi connectivity index (χ1v) is 6.32. The molecule has 3 heterocycles. The first-order valence-electron chi connectivity index (χ1n) is 6.32. The Morgan fingerprint density at radius 2 is 1.75 bits per heavy atom. The van der Waals surface area contributed by atoms with Crippen LogP contribution in [0.5, 0.6) is 0 Å². The summed E-state index contributed by atoms with van der Waals surface area (Å²) in [5.74, 6) is 0.640. The Bertz CT molecular complexity index is 746. The fourth-order valence-electron chi connectivity index (χ4n) is 2.24. The molecule has 0 radical (unpaired) electrons. The number of rotatable bonds is 2. The fraction of sp³-hybridized carbons (Fsp3) is 0.133. The molecular formula is C15H15N5. The van der Waals surface area contributed by atoms with Crippen molar-refractivity contribution in [1.29, 1.82) is 0 Å². The molecule has 0 saturated carbocycles. The van der Waals surface area contributed by atoms with Gasteiger partial charge in [-0.15, -0.1) is 0 Å². The van der Waals surface area contributed by atoms with E-state index in [9.17, 15) is 0 Å². The van der Waals surface area contributed by atoms with Crippen LogP contribution < -0.4 is 5.73 Å². The number of pyridine rings is 2. The van der Waals surface area contributed by atoms with Crippen molar-refractivity contribution in [2.24, 2.45) is 7.05 Å². The van der Waals surface area contributed by atoms with Crippen LogP contribution >= 0.6 is 0 Å². The lowest BCUT2D eigenvalue weighted by Gasteiger charge is -2.04. The summed E-state index contributed by atoms with van der Waals surface area (Å²) in [7, 11) is 1.84. The van der Waals surface area contributed by atoms with E-state index in [1.54, 1.807) is 23.3 Å². The molecule has 0 aliphatic heterocycles. The van der Waals surface area contributed by atoms with Crippen LogP contribution in [0.15, 0.2) is 42.9 Å². The van der Waals surface area contributed by atoms with Crippen molar-refractivity contribution in [2.75, 3.05) is 5.73 Å². The van der Waals surface area contributed by atoms with Crippen molar-refractivity contribution in [3.05, 3.63) is 48.5 Å². The highest BCUT2D eigenvalue weighted by Crippen LogP contribution is 2.35. The lowest BCUT2D eigenvalue weighted by Crippen LogP contribution is -1.97. The lowest BCUT2D eigenvalue weighted by molar-refractivity contribution is 0.782. The summed E-state index contributed by atoms with van der Waals surface area (Å²) < 4.78 is 1.70. The summed E-state index contributed by atoms with van der Waals surface area (Å²) in [5.41, 5.74) is 10.9. The van der Waals surface area contributed by atoms with Crippen molar-refractivity contribution in [3.63, 3.8) is 0 Å². The first kappa shape index (κ1) is 12.3. The molecule has 0 unspecified atom stereocenters. The molecule has 0 amide bonds. The van der Waals surface area contributed by atoms with Gasteiger partial charge in [0.15, 0.2) is 0 Å². The molecule has 100 valence electrons. The van der Waals surface area contributed by atoms with Crippen LogP contribution in [0.2, 0.25) is 0 Å². The Labute approximate surface area is 117 Å². The van der Waals surface area contributed by atoms with Crippen molar-refractivity contribution >= 4 is 5.82 Å². The minimum Gasteiger partial charge on any atom is -0.383 e. The molecule has 2 N–H and O–H groups in total. The summed E-state index contributed by atoms with van der Waals surface area (Å²) in [6.07, 6.45) is 5.29. The first-order chi connectivity index (χ1) is 9.66. The minimum atomic E-state index is 0.640.